The van der Waals surface area contributed by atoms with Gasteiger partial charge in [-0.05, 0) is 12.5 Å². The molecule has 21 heavy (non-hydrogen) atoms. The highest BCUT2D eigenvalue weighted by atomic mass is 16.2. The van der Waals surface area contributed by atoms with Gasteiger partial charge in [-0.3, -0.25) is 14.7 Å². The van der Waals surface area contributed by atoms with E-state index in [1.165, 1.54) is 23.1 Å². The maximum absolute atomic E-state index is 12.0. The number of aryl methyl sites for hydroxylation is 1. The van der Waals surface area contributed by atoms with E-state index in [2.05, 4.69) is 25.6 Å². The van der Waals surface area contributed by atoms with Crippen molar-refractivity contribution >= 4 is 5.91 Å². The second-order valence-electron chi connectivity index (χ2n) is 4.57. The molecule has 0 fully saturated rings. The van der Waals surface area contributed by atoms with Gasteiger partial charge in [0.25, 0.3) is 11.5 Å². The van der Waals surface area contributed by atoms with Crippen molar-refractivity contribution in [2.75, 3.05) is 6.54 Å². The number of H-pyrrole nitrogens is 1. The monoisotopic (exact) mass is 290 g/mol. The van der Waals surface area contributed by atoms with Crippen LogP contribution in [0.4, 0.5) is 0 Å². The van der Waals surface area contributed by atoms with Gasteiger partial charge in [-0.2, -0.15) is 10.2 Å². The summed E-state index contributed by atoms with van der Waals surface area (Å²) >= 11 is 0. The minimum Gasteiger partial charge on any atom is -0.350 e. The third-order valence-electron chi connectivity index (χ3n) is 2.94. The Labute approximate surface area is 121 Å². The molecule has 2 rings (SSSR count). The van der Waals surface area contributed by atoms with Gasteiger partial charge in [0.2, 0.25) is 0 Å². The van der Waals surface area contributed by atoms with Gasteiger partial charge in [-0.1, -0.05) is 13.3 Å². The first-order valence-electron chi connectivity index (χ1n) is 6.91. The Hall–Kier alpha value is -2.51. The second-order valence-corrected chi connectivity index (χ2v) is 4.57. The first-order valence-corrected chi connectivity index (χ1v) is 6.91. The molecule has 112 valence electrons. The van der Waals surface area contributed by atoms with Crippen LogP contribution < -0.4 is 10.9 Å². The molecule has 0 unspecified atom stereocenters. The van der Waals surface area contributed by atoms with Crippen LogP contribution in [0.5, 0.6) is 0 Å². The van der Waals surface area contributed by atoms with Gasteiger partial charge in [0.15, 0.2) is 0 Å². The van der Waals surface area contributed by atoms with Crippen molar-refractivity contribution in [1.82, 2.24) is 30.3 Å². The number of hydrogen-bond acceptors (Lipinski definition) is 5. The lowest BCUT2D eigenvalue weighted by molar-refractivity contribution is 0.0946. The predicted octanol–water partition coefficient (Wildman–Crippen LogP) is 0.134. The Balaban J connectivity index is 1.93. The van der Waals surface area contributed by atoms with E-state index in [0.717, 1.165) is 12.8 Å². The molecule has 0 saturated carbocycles. The molecule has 0 atom stereocenters. The minimum absolute atomic E-state index is 0.193. The zero-order valence-corrected chi connectivity index (χ0v) is 11.9. The molecule has 2 heterocycles. The van der Waals surface area contributed by atoms with Crippen LogP contribution in [0.15, 0.2) is 23.3 Å². The Bertz CT molecular complexity index is 634. The third kappa shape index (κ3) is 4.23. The van der Waals surface area contributed by atoms with Gasteiger partial charge in [-0.25, -0.2) is 9.67 Å². The summed E-state index contributed by atoms with van der Waals surface area (Å²) in [4.78, 5) is 27.6. The van der Waals surface area contributed by atoms with Crippen LogP contribution in [0, 0.1) is 0 Å². The van der Waals surface area contributed by atoms with Crippen LogP contribution in [-0.2, 0) is 13.0 Å². The zero-order valence-electron chi connectivity index (χ0n) is 11.9. The van der Waals surface area contributed by atoms with E-state index in [1.807, 2.05) is 6.92 Å². The molecule has 0 radical (unpaired) electrons. The predicted molar refractivity (Wildman–Crippen MR) is 75.8 cm³/mol. The van der Waals surface area contributed by atoms with Crippen molar-refractivity contribution in [2.45, 2.75) is 32.7 Å². The minimum atomic E-state index is -0.306. The molecule has 8 heteroatoms. The first-order chi connectivity index (χ1) is 10.2. The Morgan fingerprint density at radius 1 is 1.43 bits per heavy atom. The number of hydrogen-bond donors (Lipinski definition) is 2. The van der Waals surface area contributed by atoms with Crippen molar-refractivity contribution < 1.29 is 4.79 Å². The van der Waals surface area contributed by atoms with E-state index in [9.17, 15) is 9.59 Å². The van der Waals surface area contributed by atoms with Crippen molar-refractivity contribution in [3.63, 3.8) is 0 Å². The number of rotatable bonds is 7. The maximum atomic E-state index is 12.0. The van der Waals surface area contributed by atoms with Crippen LogP contribution in [0.3, 0.4) is 0 Å². The van der Waals surface area contributed by atoms with E-state index < -0.39 is 0 Å². The van der Waals surface area contributed by atoms with E-state index >= 15 is 0 Å². The van der Waals surface area contributed by atoms with Gasteiger partial charge in [0.1, 0.15) is 17.8 Å². The lowest BCUT2D eigenvalue weighted by Gasteiger charge is -2.06. The van der Waals surface area contributed by atoms with Gasteiger partial charge < -0.3 is 5.32 Å². The van der Waals surface area contributed by atoms with Crippen LogP contribution in [0.2, 0.25) is 0 Å². The van der Waals surface area contributed by atoms with Gasteiger partial charge in [0, 0.05) is 25.6 Å². The van der Waals surface area contributed by atoms with Crippen LogP contribution in [-0.4, -0.2) is 37.4 Å². The molecule has 0 aliphatic rings. The van der Waals surface area contributed by atoms with E-state index in [1.54, 1.807) is 0 Å². The van der Waals surface area contributed by atoms with Crippen LogP contribution in [0.25, 0.3) is 0 Å². The molecule has 0 aromatic carbocycles. The average Bonchev–Trinajstić information content (AvgIpc) is 2.99. The number of aromatic nitrogens is 5. The Kier molecular flexibility index (Phi) is 5.19. The number of carbonyl (C=O) groups is 1. The van der Waals surface area contributed by atoms with E-state index in [4.69, 9.17) is 0 Å². The van der Waals surface area contributed by atoms with Crippen LogP contribution in [0.1, 0.15) is 36.1 Å². The van der Waals surface area contributed by atoms with Crippen molar-refractivity contribution in [3.8, 4) is 0 Å². The van der Waals surface area contributed by atoms with E-state index in [0.29, 0.717) is 25.3 Å². The quantitative estimate of drug-likeness (QED) is 0.754. The first kappa shape index (κ1) is 14.9. The van der Waals surface area contributed by atoms with Crippen LogP contribution >= 0.6 is 0 Å². The SMILES string of the molecule is CCCCn1nc(C(=O)NCCc2ncn[nH]2)ccc1=O. The number of nitrogens with one attached hydrogen (secondary N) is 2. The molecule has 2 aromatic heterocycles. The van der Waals surface area contributed by atoms with Crippen molar-refractivity contribution in [1.29, 1.82) is 0 Å². The fourth-order valence-corrected chi connectivity index (χ4v) is 1.77. The van der Waals surface area contributed by atoms with Crippen molar-refractivity contribution in [2.24, 2.45) is 0 Å². The Morgan fingerprint density at radius 3 is 3.00 bits per heavy atom. The lowest BCUT2D eigenvalue weighted by Crippen LogP contribution is -2.30. The highest BCUT2D eigenvalue weighted by Gasteiger charge is 2.09. The molecule has 2 aromatic rings. The molecule has 0 bridgehead atoms. The summed E-state index contributed by atoms with van der Waals surface area (Å²) in [7, 11) is 0. The summed E-state index contributed by atoms with van der Waals surface area (Å²) in [5.41, 5.74) is 0.0462. The second kappa shape index (κ2) is 7.32. The highest BCUT2D eigenvalue weighted by molar-refractivity contribution is 5.91. The van der Waals surface area contributed by atoms with Gasteiger partial charge in [0.05, 0.1) is 0 Å². The summed E-state index contributed by atoms with van der Waals surface area (Å²) in [6.45, 7) is 2.98. The fraction of sp³-hybridized carbons (Fsp3) is 0.462. The number of nitrogens with zero attached hydrogens (tertiary/aromatic N) is 4. The molecule has 0 aliphatic carbocycles. The Morgan fingerprint density at radius 2 is 2.29 bits per heavy atom. The average molecular weight is 290 g/mol. The molecule has 2 N–H and O–H groups in total. The largest absolute Gasteiger partial charge is 0.350 e. The number of unbranched alkanes of at least 4 members (excludes halogenated alkanes) is 1. The van der Waals surface area contributed by atoms with Gasteiger partial charge in [-0.15, -0.1) is 0 Å². The summed E-state index contributed by atoms with van der Waals surface area (Å²) in [5, 5.41) is 13.3. The number of carbonyl (C=O) groups excluding carboxylic acids is 1. The number of amides is 1. The zero-order chi connectivity index (χ0) is 15.1. The van der Waals surface area contributed by atoms with E-state index in [-0.39, 0.29) is 17.2 Å². The van der Waals surface area contributed by atoms with Gasteiger partial charge >= 0.3 is 0 Å². The maximum Gasteiger partial charge on any atom is 0.271 e. The highest BCUT2D eigenvalue weighted by Crippen LogP contribution is 1.94. The molecular weight excluding hydrogens is 272 g/mol. The molecular formula is C13H18N6O2. The third-order valence-corrected chi connectivity index (χ3v) is 2.94. The summed E-state index contributed by atoms with van der Waals surface area (Å²) in [6, 6.07) is 2.81. The summed E-state index contributed by atoms with van der Waals surface area (Å²) in [5.74, 6) is 0.399. The molecule has 8 nitrogen and oxygen atoms in total. The standard InChI is InChI=1S/C13H18N6O2/c1-2-3-8-19-12(20)5-4-10(18-19)13(21)14-7-6-11-15-9-16-17-11/h4-5,9H,2-3,6-8H2,1H3,(H,14,21)(H,15,16,17). The lowest BCUT2D eigenvalue weighted by atomic mass is 10.3. The van der Waals surface area contributed by atoms with Crippen molar-refractivity contribution in [3.05, 3.63) is 40.3 Å². The molecule has 0 aliphatic heterocycles. The topological polar surface area (TPSA) is 106 Å². The summed E-state index contributed by atoms with van der Waals surface area (Å²) < 4.78 is 1.33. The summed E-state index contributed by atoms with van der Waals surface area (Å²) in [6.07, 6.45) is 3.79. The normalized spacial score (nSPS) is 10.5. The molecule has 1 amide bonds. The fourth-order valence-electron chi connectivity index (χ4n) is 1.77. The smallest absolute Gasteiger partial charge is 0.271 e. The molecule has 0 spiro atoms. The molecule has 0 saturated heterocycles. The number of aromatic amines is 1.